The molecule has 0 aliphatic carbocycles. The van der Waals surface area contributed by atoms with Crippen molar-refractivity contribution in [3.05, 3.63) is 87.7 Å². The SMILES string of the molecule is CC[C@]1(N)C[C@H](c2ncc(N3CCOCC3)cc2Cc2cc(C(F)(F)F)cc(C(F)(F)F)c2)c2cc(C(F)(F)F)ccc2N1C(=O)OCC(C)(C)C(=O)O. The molecule has 3 N–H and O–H groups in total. The summed E-state index contributed by atoms with van der Waals surface area (Å²) in [4.78, 5) is 32.7. The summed E-state index contributed by atoms with van der Waals surface area (Å²) in [6.07, 6.45) is -15.8. The summed E-state index contributed by atoms with van der Waals surface area (Å²) >= 11 is 0. The lowest BCUT2D eigenvalue weighted by Gasteiger charge is -2.47. The van der Waals surface area contributed by atoms with E-state index in [1.54, 1.807) is 6.92 Å². The summed E-state index contributed by atoms with van der Waals surface area (Å²) in [5.74, 6) is -2.46. The van der Waals surface area contributed by atoms with Crippen molar-refractivity contribution in [1.82, 2.24) is 4.98 Å². The topological polar surface area (TPSA) is 118 Å². The zero-order chi connectivity index (χ0) is 40.0. The van der Waals surface area contributed by atoms with Gasteiger partial charge < -0.3 is 25.2 Å². The maximum Gasteiger partial charge on any atom is 0.416 e. The summed E-state index contributed by atoms with van der Waals surface area (Å²) in [7, 11) is 0. The Bertz CT molecular complexity index is 1860. The van der Waals surface area contributed by atoms with Gasteiger partial charge in [-0.1, -0.05) is 6.92 Å². The number of carboxylic acid groups (broad SMARTS) is 1. The van der Waals surface area contributed by atoms with Crippen molar-refractivity contribution in [3.8, 4) is 0 Å². The standard InChI is InChI=1S/C36H37F9N4O5/c1-4-33(46)17-27(26-16-22(34(37,38)39)5-6-28(26)49(33)31(52)54-19-32(2,3)30(50)51)29-21(14-25(18-47-29)48-7-9-53-10-8-48)11-20-12-23(35(40,41)42)15-24(13-20)36(43,44)45/h5-6,12-16,18,27H,4,7-11,17,19,46H2,1-3H3,(H,50,51)/t27-,33+/m0/s1. The fourth-order valence-electron chi connectivity index (χ4n) is 6.50. The molecule has 3 heterocycles. The summed E-state index contributed by atoms with van der Waals surface area (Å²) < 4.78 is 136. The van der Waals surface area contributed by atoms with Crippen LogP contribution in [0.4, 0.5) is 55.7 Å². The molecule has 54 heavy (non-hydrogen) atoms. The van der Waals surface area contributed by atoms with E-state index < -0.39 is 77.3 Å². The first-order valence-electron chi connectivity index (χ1n) is 16.7. The Morgan fingerprint density at radius 2 is 1.52 bits per heavy atom. The number of ether oxygens (including phenoxy) is 2. The molecule has 1 fully saturated rings. The number of benzene rings is 2. The third kappa shape index (κ3) is 8.53. The van der Waals surface area contributed by atoms with E-state index in [9.17, 15) is 54.2 Å². The smallest absolute Gasteiger partial charge is 0.416 e. The zero-order valence-corrected chi connectivity index (χ0v) is 29.3. The molecule has 0 bridgehead atoms. The first-order valence-corrected chi connectivity index (χ1v) is 16.7. The molecule has 0 unspecified atom stereocenters. The molecule has 0 saturated carbocycles. The van der Waals surface area contributed by atoms with Gasteiger partial charge in [0.05, 0.1) is 58.6 Å². The van der Waals surface area contributed by atoms with Crippen molar-refractivity contribution < 1.29 is 63.7 Å². The van der Waals surface area contributed by atoms with Crippen LogP contribution in [0.2, 0.25) is 0 Å². The second-order valence-electron chi connectivity index (χ2n) is 14.0. The minimum atomic E-state index is -5.14. The van der Waals surface area contributed by atoms with Gasteiger partial charge in [-0.3, -0.25) is 14.7 Å². The molecule has 1 amide bonds. The van der Waals surface area contributed by atoms with Crippen LogP contribution in [0.5, 0.6) is 0 Å². The maximum absolute atomic E-state index is 14.2. The Kier molecular flexibility index (Phi) is 11.0. The summed E-state index contributed by atoms with van der Waals surface area (Å²) in [6.45, 7) is 4.94. The van der Waals surface area contributed by atoms with Crippen LogP contribution in [-0.2, 0) is 39.2 Å². The number of rotatable bonds is 8. The van der Waals surface area contributed by atoms with Gasteiger partial charge >= 0.3 is 30.6 Å². The Morgan fingerprint density at radius 1 is 0.926 bits per heavy atom. The molecule has 9 nitrogen and oxygen atoms in total. The quantitative estimate of drug-likeness (QED) is 0.220. The van der Waals surface area contributed by atoms with Crippen LogP contribution >= 0.6 is 0 Å². The number of amides is 1. The van der Waals surface area contributed by atoms with Gasteiger partial charge in [-0.15, -0.1) is 0 Å². The number of aliphatic carboxylic acids is 1. The van der Waals surface area contributed by atoms with Crippen molar-refractivity contribution in [2.75, 3.05) is 42.7 Å². The predicted octanol–water partition coefficient (Wildman–Crippen LogP) is 8.22. The van der Waals surface area contributed by atoms with Crippen molar-refractivity contribution in [1.29, 1.82) is 0 Å². The Morgan fingerprint density at radius 3 is 2.06 bits per heavy atom. The normalized spacial score (nSPS) is 19.8. The van der Waals surface area contributed by atoms with Gasteiger partial charge in [0.2, 0.25) is 0 Å². The van der Waals surface area contributed by atoms with Gasteiger partial charge in [0.15, 0.2) is 0 Å². The molecule has 2 atom stereocenters. The number of alkyl halides is 9. The molecule has 2 aliphatic heterocycles. The fraction of sp³-hybridized carbons (Fsp3) is 0.472. The van der Waals surface area contributed by atoms with Gasteiger partial charge in [0.1, 0.15) is 12.3 Å². The lowest BCUT2D eigenvalue weighted by Crippen LogP contribution is -2.62. The second kappa shape index (κ2) is 14.6. The van der Waals surface area contributed by atoms with Crippen molar-refractivity contribution >= 4 is 23.4 Å². The van der Waals surface area contributed by atoms with E-state index in [1.165, 1.54) is 26.1 Å². The third-order valence-electron chi connectivity index (χ3n) is 9.64. The number of hydrogen-bond acceptors (Lipinski definition) is 7. The van der Waals surface area contributed by atoms with Gasteiger partial charge in [0, 0.05) is 19.0 Å². The van der Waals surface area contributed by atoms with E-state index in [4.69, 9.17) is 15.2 Å². The average molecular weight is 777 g/mol. The summed E-state index contributed by atoms with van der Waals surface area (Å²) in [6, 6.07) is 5.18. The Labute approximate surface area is 303 Å². The van der Waals surface area contributed by atoms with E-state index in [1.807, 2.05) is 4.90 Å². The number of morpholine rings is 1. The van der Waals surface area contributed by atoms with Crippen molar-refractivity contribution in [2.45, 2.75) is 70.1 Å². The van der Waals surface area contributed by atoms with Crippen LogP contribution in [0.1, 0.15) is 78.6 Å². The molecule has 1 aromatic heterocycles. The second-order valence-corrected chi connectivity index (χ2v) is 14.0. The number of aromatic nitrogens is 1. The van der Waals surface area contributed by atoms with E-state index >= 15 is 0 Å². The summed E-state index contributed by atoms with van der Waals surface area (Å²) in [5, 5.41) is 9.52. The highest BCUT2D eigenvalue weighted by molar-refractivity contribution is 5.92. The zero-order valence-electron chi connectivity index (χ0n) is 29.3. The van der Waals surface area contributed by atoms with E-state index in [-0.39, 0.29) is 47.0 Å². The molecule has 1 saturated heterocycles. The van der Waals surface area contributed by atoms with Crippen LogP contribution in [0.25, 0.3) is 0 Å². The predicted molar refractivity (Wildman–Crippen MR) is 177 cm³/mol. The number of anilines is 2. The number of fused-ring (bicyclic) bond motifs is 1. The van der Waals surface area contributed by atoms with E-state index in [2.05, 4.69) is 4.98 Å². The molecule has 5 rings (SSSR count). The van der Waals surface area contributed by atoms with Crippen molar-refractivity contribution in [3.63, 3.8) is 0 Å². The summed E-state index contributed by atoms with van der Waals surface area (Å²) in [5.41, 5.74) is -0.695. The fourth-order valence-corrected chi connectivity index (χ4v) is 6.50. The van der Waals surface area contributed by atoms with E-state index in [0.717, 1.165) is 23.1 Å². The molecule has 2 aliphatic rings. The molecule has 0 spiro atoms. The monoisotopic (exact) mass is 776 g/mol. The Balaban J connectivity index is 1.71. The van der Waals surface area contributed by atoms with E-state index in [0.29, 0.717) is 44.1 Å². The molecule has 2 aromatic carbocycles. The number of nitrogens with zero attached hydrogens (tertiary/aromatic N) is 3. The molecule has 294 valence electrons. The number of nitrogens with two attached hydrogens (primary N) is 1. The maximum atomic E-state index is 14.2. The molecule has 18 heteroatoms. The third-order valence-corrected chi connectivity index (χ3v) is 9.64. The van der Waals surface area contributed by atoms with Gasteiger partial charge in [-0.25, -0.2) is 4.79 Å². The Hall–Kier alpha value is -4.58. The number of carbonyl (C=O) groups excluding carboxylic acids is 1. The highest BCUT2D eigenvalue weighted by Gasteiger charge is 2.48. The number of pyridine rings is 1. The van der Waals surface area contributed by atoms with Crippen LogP contribution in [0.15, 0.2) is 48.7 Å². The largest absolute Gasteiger partial charge is 0.481 e. The number of carbonyl (C=O) groups is 2. The minimum absolute atomic E-state index is 0.00185. The number of hydrogen-bond donors (Lipinski definition) is 2. The van der Waals surface area contributed by atoms with Crippen LogP contribution in [0.3, 0.4) is 0 Å². The lowest BCUT2D eigenvalue weighted by molar-refractivity contribution is -0.149. The highest BCUT2D eigenvalue weighted by Crippen LogP contribution is 2.49. The van der Waals surface area contributed by atoms with Crippen LogP contribution in [-0.4, -0.2) is 60.7 Å². The van der Waals surface area contributed by atoms with Crippen molar-refractivity contribution in [2.24, 2.45) is 11.1 Å². The number of carboxylic acids is 1. The molecule has 0 radical (unpaired) electrons. The average Bonchev–Trinajstić information content (AvgIpc) is 3.09. The van der Waals surface area contributed by atoms with Gasteiger partial charge in [0.25, 0.3) is 0 Å². The van der Waals surface area contributed by atoms with Gasteiger partial charge in [-0.05, 0) is 92.3 Å². The van der Waals surface area contributed by atoms with Crippen LogP contribution in [0, 0.1) is 5.41 Å². The lowest BCUT2D eigenvalue weighted by atomic mass is 9.77. The minimum Gasteiger partial charge on any atom is -0.481 e. The van der Waals surface area contributed by atoms with Crippen LogP contribution < -0.4 is 15.5 Å². The molecular formula is C36H37F9N4O5. The molecule has 3 aromatic rings. The van der Waals surface area contributed by atoms with Gasteiger partial charge in [-0.2, -0.15) is 39.5 Å². The first-order chi connectivity index (χ1) is 24.9. The molecular weight excluding hydrogens is 739 g/mol. The number of halogens is 9. The highest BCUT2D eigenvalue weighted by atomic mass is 19.4. The first kappa shape index (κ1) is 40.6.